The van der Waals surface area contributed by atoms with Crippen LogP contribution in [-0.4, -0.2) is 34.1 Å². The van der Waals surface area contributed by atoms with Crippen molar-refractivity contribution in [2.24, 2.45) is 0 Å². The van der Waals surface area contributed by atoms with E-state index in [-0.39, 0.29) is 18.4 Å². The maximum Gasteiger partial charge on any atom is 0.326 e. The SMILES string of the molecule is Cc1cc(F)cc(C(=O)N[C@@H](CCC(=O)O)C(=O)O)c1. The van der Waals surface area contributed by atoms with Gasteiger partial charge in [-0.25, -0.2) is 9.18 Å². The van der Waals surface area contributed by atoms with Crippen LogP contribution in [0.4, 0.5) is 4.39 Å². The van der Waals surface area contributed by atoms with E-state index < -0.39 is 29.7 Å². The zero-order valence-corrected chi connectivity index (χ0v) is 10.7. The van der Waals surface area contributed by atoms with Gasteiger partial charge in [0.2, 0.25) is 0 Å². The van der Waals surface area contributed by atoms with Crippen molar-refractivity contribution in [2.45, 2.75) is 25.8 Å². The molecule has 0 spiro atoms. The average molecular weight is 283 g/mol. The molecule has 0 saturated heterocycles. The van der Waals surface area contributed by atoms with E-state index in [1.807, 2.05) is 0 Å². The molecule has 0 aliphatic rings. The lowest BCUT2D eigenvalue weighted by molar-refractivity contribution is -0.140. The van der Waals surface area contributed by atoms with Gasteiger partial charge in [0.25, 0.3) is 5.91 Å². The standard InChI is InChI=1S/C13H14FNO5/c1-7-4-8(6-9(14)5-7)12(18)15-10(13(19)20)2-3-11(16)17/h4-6,10H,2-3H2,1H3,(H,15,18)(H,16,17)(H,19,20)/t10-/m0/s1. The predicted molar refractivity (Wildman–Crippen MR) is 66.9 cm³/mol. The first-order valence-electron chi connectivity index (χ1n) is 5.82. The second kappa shape index (κ2) is 6.65. The Morgan fingerprint density at radius 2 is 1.90 bits per heavy atom. The molecular weight excluding hydrogens is 269 g/mol. The van der Waals surface area contributed by atoms with Crippen LogP contribution < -0.4 is 5.32 Å². The number of hydrogen-bond acceptors (Lipinski definition) is 3. The zero-order chi connectivity index (χ0) is 15.3. The molecule has 0 radical (unpaired) electrons. The van der Waals surface area contributed by atoms with Crippen molar-refractivity contribution in [1.29, 1.82) is 0 Å². The predicted octanol–water partition coefficient (Wildman–Crippen LogP) is 1.18. The third kappa shape index (κ3) is 4.68. The molecule has 3 N–H and O–H groups in total. The minimum atomic E-state index is -1.34. The number of carbonyl (C=O) groups is 3. The fourth-order valence-corrected chi connectivity index (χ4v) is 1.63. The van der Waals surface area contributed by atoms with Gasteiger partial charge in [0.15, 0.2) is 0 Å². The van der Waals surface area contributed by atoms with Gasteiger partial charge >= 0.3 is 11.9 Å². The van der Waals surface area contributed by atoms with Crippen LogP contribution in [0.2, 0.25) is 0 Å². The summed E-state index contributed by atoms with van der Waals surface area (Å²) in [6.45, 7) is 1.60. The van der Waals surface area contributed by atoms with Crippen molar-refractivity contribution in [1.82, 2.24) is 5.32 Å². The minimum absolute atomic E-state index is 0.0101. The van der Waals surface area contributed by atoms with Crippen LogP contribution >= 0.6 is 0 Å². The number of nitrogens with one attached hydrogen (secondary N) is 1. The van der Waals surface area contributed by atoms with E-state index >= 15 is 0 Å². The number of carbonyl (C=O) groups excluding carboxylic acids is 1. The molecule has 0 saturated carbocycles. The quantitative estimate of drug-likeness (QED) is 0.727. The Balaban J connectivity index is 2.79. The number of aryl methyl sites for hydroxylation is 1. The van der Waals surface area contributed by atoms with Crippen molar-refractivity contribution < 1.29 is 29.0 Å². The molecule has 0 unspecified atom stereocenters. The van der Waals surface area contributed by atoms with Crippen LogP contribution in [0.15, 0.2) is 18.2 Å². The number of benzene rings is 1. The molecule has 0 aliphatic heterocycles. The first kappa shape index (κ1) is 15.6. The second-order valence-corrected chi connectivity index (χ2v) is 4.31. The van der Waals surface area contributed by atoms with E-state index in [0.717, 1.165) is 6.07 Å². The monoisotopic (exact) mass is 283 g/mol. The van der Waals surface area contributed by atoms with E-state index in [1.165, 1.54) is 12.1 Å². The van der Waals surface area contributed by atoms with E-state index in [0.29, 0.717) is 5.56 Å². The molecule has 0 bridgehead atoms. The summed E-state index contributed by atoms with van der Waals surface area (Å²) in [4.78, 5) is 33.2. The summed E-state index contributed by atoms with van der Waals surface area (Å²) in [5, 5.41) is 19.6. The lowest BCUT2D eigenvalue weighted by atomic mass is 10.1. The maximum atomic E-state index is 13.2. The molecule has 1 atom stereocenters. The van der Waals surface area contributed by atoms with Crippen LogP contribution in [0.25, 0.3) is 0 Å². The van der Waals surface area contributed by atoms with Gasteiger partial charge in [0.05, 0.1) is 0 Å². The summed E-state index contributed by atoms with van der Waals surface area (Å²) in [7, 11) is 0. The van der Waals surface area contributed by atoms with Crippen LogP contribution in [0.1, 0.15) is 28.8 Å². The molecule has 1 rings (SSSR count). The van der Waals surface area contributed by atoms with Crippen molar-refractivity contribution in [3.05, 3.63) is 35.1 Å². The Kier molecular flexibility index (Phi) is 5.19. The van der Waals surface area contributed by atoms with Gasteiger partial charge in [-0.1, -0.05) is 0 Å². The highest BCUT2D eigenvalue weighted by Gasteiger charge is 2.21. The molecule has 20 heavy (non-hydrogen) atoms. The van der Waals surface area contributed by atoms with Gasteiger partial charge in [-0.05, 0) is 37.1 Å². The molecule has 0 heterocycles. The Morgan fingerprint density at radius 3 is 2.40 bits per heavy atom. The highest BCUT2D eigenvalue weighted by Crippen LogP contribution is 2.09. The van der Waals surface area contributed by atoms with Gasteiger partial charge in [-0.2, -0.15) is 0 Å². The number of amides is 1. The number of aliphatic carboxylic acids is 2. The molecule has 7 heteroatoms. The molecule has 0 aliphatic carbocycles. The van der Waals surface area contributed by atoms with Gasteiger partial charge in [-0.3, -0.25) is 9.59 Å². The Bertz CT molecular complexity index is 523. The Hall–Kier alpha value is -2.44. The van der Waals surface area contributed by atoms with Crippen molar-refractivity contribution in [2.75, 3.05) is 0 Å². The lowest BCUT2D eigenvalue weighted by Gasteiger charge is -2.13. The number of carboxylic acids is 2. The van der Waals surface area contributed by atoms with Crippen molar-refractivity contribution in [3.8, 4) is 0 Å². The van der Waals surface area contributed by atoms with Gasteiger partial charge in [0, 0.05) is 12.0 Å². The average Bonchev–Trinajstić information content (AvgIpc) is 2.32. The fourth-order valence-electron chi connectivity index (χ4n) is 1.63. The van der Waals surface area contributed by atoms with E-state index in [1.54, 1.807) is 6.92 Å². The second-order valence-electron chi connectivity index (χ2n) is 4.31. The summed E-state index contributed by atoms with van der Waals surface area (Å²) in [5.41, 5.74) is 0.511. The molecule has 108 valence electrons. The van der Waals surface area contributed by atoms with Crippen molar-refractivity contribution in [3.63, 3.8) is 0 Å². The summed E-state index contributed by atoms with van der Waals surface area (Å²) < 4.78 is 13.2. The fraction of sp³-hybridized carbons (Fsp3) is 0.308. The largest absolute Gasteiger partial charge is 0.481 e. The first-order valence-corrected chi connectivity index (χ1v) is 5.82. The molecule has 1 aromatic carbocycles. The van der Waals surface area contributed by atoms with E-state index in [2.05, 4.69) is 5.32 Å². The third-order valence-electron chi connectivity index (χ3n) is 2.55. The summed E-state index contributed by atoms with van der Waals surface area (Å²) in [6.07, 6.45) is -0.635. The van der Waals surface area contributed by atoms with Crippen molar-refractivity contribution >= 4 is 17.8 Å². The molecule has 1 amide bonds. The van der Waals surface area contributed by atoms with Gasteiger partial charge in [-0.15, -0.1) is 0 Å². The minimum Gasteiger partial charge on any atom is -0.481 e. The van der Waals surface area contributed by atoms with E-state index in [4.69, 9.17) is 10.2 Å². The molecule has 0 fully saturated rings. The zero-order valence-electron chi connectivity index (χ0n) is 10.7. The molecule has 0 aromatic heterocycles. The topological polar surface area (TPSA) is 104 Å². The number of carboxylic acid groups (broad SMARTS) is 2. The van der Waals surface area contributed by atoms with E-state index in [9.17, 15) is 18.8 Å². The van der Waals surface area contributed by atoms with Crippen LogP contribution in [0.3, 0.4) is 0 Å². The summed E-state index contributed by atoms with van der Waals surface area (Å²) in [6, 6.07) is 2.30. The Labute approximate surface area is 114 Å². The van der Waals surface area contributed by atoms with Gasteiger partial charge < -0.3 is 15.5 Å². The van der Waals surface area contributed by atoms with Gasteiger partial charge in [0.1, 0.15) is 11.9 Å². The highest BCUT2D eigenvalue weighted by atomic mass is 19.1. The van der Waals surface area contributed by atoms with Crippen LogP contribution in [0.5, 0.6) is 0 Å². The summed E-state index contributed by atoms with van der Waals surface area (Å²) in [5.74, 6) is -3.86. The Morgan fingerprint density at radius 1 is 1.25 bits per heavy atom. The maximum absolute atomic E-state index is 13.2. The lowest BCUT2D eigenvalue weighted by Crippen LogP contribution is -2.41. The number of rotatable bonds is 6. The number of halogens is 1. The normalized spacial score (nSPS) is 11.7. The highest BCUT2D eigenvalue weighted by molar-refractivity contribution is 5.96. The molecular formula is C13H14FNO5. The number of hydrogen-bond donors (Lipinski definition) is 3. The third-order valence-corrected chi connectivity index (χ3v) is 2.55. The molecule has 1 aromatic rings. The molecule has 6 nitrogen and oxygen atoms in total. The summed E-state index contributed by atoms with van der Waals surface area (Å²) >= 11 is 0. The van der Waals surface area contributed by atoms with Crippen LogP contribution in [-0.2, 0) is 9.59 Å². The first-order chi connectivity index (χ1) is 9.29. The van der Waals surface area contributed by atoms with Crippen LogP contribution in [0, 0.1) is 12.7 Å². The smallest absolute Gasteiger partial charge is 0.326 e.